The first kappa shape index (κ1) is 14.6. The molecule has 0 spiro atoms. The summed E-state index contributed by atoms with van der Waals surface area (Å²) in [4.78, 5) is 16.0. The molecular formula is C15H17ClN6. The van der Waals surface area contributed by atoms with Gasteiger partial charge in [-0.05, 0) is 18.1 Å². The monoisotopic (exact) mass is 316 g/mol. The van der Waals surface area contributed by atoms with Gasteiger partial charge in [-0.2, -0.15) is 4.98 Å². The van der Waals surface area contributed by atoms with Gasteiger partial charge in [-0.1, -0.05) is 37.6 Å². The average Bonchev–Trinajstić information content (AvgIpc) is 2.86. The van der Waals surface area contributed by atoms with Crippen molar-refractivity contribution in [2.24, 2.45) is 5.92 Å². The SMILES string of the molecule is CC(C)[C@@H](Nc1cc(Cl)nc(N)n1)c1nc2ccccc2[nH]1. The van der Waals surface area contributed by atoms with Crippen LogP contribution in [0.1, 0.15) is 25.7 Å². The van der Waals surface area contributed by atoms with E-state index in [1.165, 1.54) is 0 Å². The smallest absolute Gasteiger partial charge is 0.223 e. The Balaban J connectivity index is 1.95. The summed E-state index contributed by atoms with van der Waals surface area (Å²) >= 11 is 5.93. The first-order valence-corrected chi connectivity index (χ1v) is 7.42. The van der Waals surface area contributed by atoms with Crippen molar-refractivity contribution in [2.45, 2.75) is 19.9 Å². The number of aromatic amines is 1. The number of para-hydroxylation sites is 2. The van der Waals surface area contributed by atoms with Crippen molar-refractivity contribution in [3.63, 3.8) is 0 Å². The predicted molar refractivity (Wildman–Crippen MR) is 88.7 cm³/mol. The van der Waals surface area contributed by atoms with Crippen LogP contribution in [0, 0.1) is 5.92 Å². The molecule has 0 aliphatic rings. The Labute approximate surface area is 133 Å². The van der Waals surface area contributed by atoms with E-state index in [0.29, 0.717) is 11.0 Å². The fraction of sp³-hybridized carbons (Fsp3) is 0.267. The minimum atomic E-state index is -0.0437. The van der Waals surface area contributed by atoms with Gasteiger partial charge < -0.3 is 16.0 Å². The molecule has 3 rings (SSSR count). The summed E-state index contributed by atoms with van der Waals surface area (Å²) in [5, 5.41) is 3.64. The lowest BCUT2D eigenvalue weighted by molar-refractivity contribution is 0.525. The number of aromatic nitrogens is 4. The maximum absolute atomic E-state index is 5.93. The number of nitrogens with one attached hydrogen (secondary N) is 2. The number of anilines is 2. The predicted octanol–water partition coefficient (Wildman–Crippen LogP) is 3.40. The van der Waals surface area contributed by atoms with Gasteiger partial charge in [-0.3, -0.25) is 0 Å². The third-order valence-electron chi connectivity index (χ3n) is 3.38. The molecule has 0 radical (unpaired) electrons. The van der Waals surface area contributed by atoms with Crippen molar-refractivity contribution in [1.29, 1.82) is 0 Å². The largest absolute Gasteiger partial charge is 0.368 e. The zero-order valence-corrected chi connectivity index (χ0v) is 13.1. The zero-order chi connectivity index (χ0) is 15.7. The van der Waals surface area contributed by atoms with Crippen molar-refractivity contribution in [2.75, 3.05) is 11.1 Å². The van der Waals surface area contributed by atoms with Crippen LogP contribution >= 0.6 is 11.6 Å². The molecule has 1 aromatic carbocycles. The summed E-state index contributed by atoms with van der Waals surface area (Å²) in [6.45, 7) is 4.22. The van der Waals surface area contributed by atoms with Crippen LogP contribution in [0.2, 0.25) is 5.15 Å². The maximum Gasteiger partial charge on any atom is 0.223 e. The molecule has 0 bridgehead atoms. The van der Waals surface area contributed by atoms with E-state index in [-0.39, 0.29) is 17.9 Å². The molecule has 0 saturated heterocycles. The van der Waals surface area contributed by atoms with E-state index >= 15 is 0 Å². The molecule has 6 nitrogen and oxygen atoms in total. The fourth-order valence-corrected chi connectivity index (χ4v) is 2.53. The number of imidazole rings is 1. The number of nitrogens with zero attached hydrogens (tertiary/aromatic N) is 3. The van der Waals surface area contributed by atoms with E-state index in [0.717, 1.165) is 16.9 Å². The molecule has 22 heavy (non-hydrogen) atoms. The van der Waals surface area contributed by atoms with Crippen LogP contribution in [-0.2, 0) is 0 Å². The molecule has 0 aliphatic carbocycles. The lowest BCUT2D eigenvalue weighted by Gasteiger charge is -2.21. The van der Waals surface area contributed by atoms with E-state index in [1.807, 2.05) is 24.3 Å². The number of fused-ring (bicyclic) bond motifs is 1. The molecular weight excluding hydrogens is 300 g/mol. The van der Waals surface area contributed by atoms with E-state index in [2.05, 4.69) is 39.1 Å². The standard InChI is InChI=1S/C15H17ClN6/c1-8(2)13(21-12-7-11(16)20-15(17)22-12)14-18-9-5-3-4-6-10(9)19-14/h3-8,13H,1-2H3,(H,18,19)(H3,17,20,21,22)/t13-/m1/s1. The number of benzene rings is 1. The Morgan fingerprint density at radius 3 is 2.64 bits per heavy atom. The fourth-order valence-electron chi connectivity index (χ4n) is 2.34. The van der Waals surface area contributed by atoms with E-state index in [4.69, 9.17) is 17.3 Å². The molecule has 4 N–H and O–H groups in total. The molecule has 0 fully saturated rings. The van der Waals surface area contributed by atoms with Gasteiger partial charge in [0.05, 0.1) is 17.1 Å². The van der Waals surface area contributed by atoms with Gasteiger partial charge in [0.25, 0.3) is 0 Å². The second kappa shape index (κ2) is 5.81. The number of nitrogens with two attached hydrogens (primary N) is 1. The molecule has 2 aromatic heterocycles. The molecule has 7 heteroatoms. The minimum absolute atomic E-state index is 0.0437. The second-order valence-electron chi connectivity index (χ2n) is 5.44. The third-order valence-corrected chi connectivity index (χ3v) is 3.58. The van der Waals surface area contributed by atoms with Gasteiger partial charge in [0.1, 0.15) is 16.8 Å². The zero-order valence-electron chi connectivity index (χ0n) is 12.3. The van der Waals surface area contributed by atoms with E-state index in [1.54, 1.807) is 6.07 Å². The molecule has 3 aromatic rings. The van der Waals surface area contributed by atoms with Crippen molar-refractivity contribution in [3.8, 4) is 0 Å². The summed E-state index contributed by atoms with van der Waals surface area (Å²) in [5.74, 6) is 1.86. The number of halogens is 1. The summed E-state index contributed by atoms with van der Waals surface area (Å²) in [7, 11) is 0. The van der Waals surface area contributed by atoms with Crippen LogP contribution < -0.4 is 11.1 Å². The highest BCUT2D eigenvalue weighted by Gasteiger charge is 2.20. The highest BCUT2D eigenvalue weighted by atomic mass is 35.5. The minimum Gasteiger partial charge on any atom is -0.368 e. The van der Waals surface area contributed by atoms with Crippen LogP contribution in [0.3, 0.4) is 0 Å². The Kier molecular flexibility index (Phi) is 3.85. The molecule has 1 atom stereocenters. The van der Waals surface area contributed by atoms with Gasteiger partial charge >= 0.3 is 0 Å². The second-order valence-corrected chi connectivity index (χ2v) is 5.83. The lowest BCUT2D eigenvalue weighted by atomic mass is 10.0. The van der Waals surface area contributed by atoms with Gasteiger partial charge in [-0.15, -0.1) is 0 Å². The van der Waals surface area contributed by atoms with E-state index in [9.17, 15) is 0 Å². The summed E-state index contributed by atoms with van der Waals surface area (Å²) in [6, 6.07) is 9.53. The lowest BCUT2D eigenvalue weighted by Crippen LogP contribution is -2.19. The molecule has 0 unspecified atom stereocenters. The number of H-pyrrole nitrogens is 1. The van der Waals surface area contributed by atoms with Gasteiger partial charge in [-0.25, -0.2) is 9.97 Å². The summed E-state index contributed by atoms with van der Waals surface area (Å²) in [6.07, 6.45) is 0. The molecule has 0 amide bonds. The molecule has 0 saturated carbocycles. The Hall–Kier alpha value is -2.34. The first-order chi connectivity index (χ1) is 10.5. The van der Waals surface area contributed by atoms with Crippen molar-refractivity contribution >= 4 is 34.4 Å². The third kappa shape index (κ3) is 2.96. The van der Waals surface area contributed by atoms with Crippen LogP contribution in [0.4, 0.5) is 11.8 Å². The molecule has 114 valence electrons. The summed E-state index contributed by atoms with van der Waals surface area (Å²) < 4.78 is 0. The quantitative estimate of drug-likeness (QED) is 0.641. The maximum atomic E-state index is 5.93. The van der Waals surface area contributed by atoms with Gasteiger partial charge in [0.2, 0.25) is 5.95 Å². The molecule has 2 heterocycles. The molecule has 0 aliphatic heterocycles. The van der Waals surface area contributed by atoms with E-state index < -0.39 is 0 Å². The topological polar surface area (TPSA) is 92.5 Å². The number of nitrogen functional groups attached to an aromatic ring is 1. The Bertz CT molecular complexity index is 744. The van der Waals surface area contributed by atoms with Crippen molar-refractivity contribution in [1.82, 2.24) is 19.9 Å². The Morgan fingerprint density at radius 1 is 1.18 bits per heavy atom. The highest BCUT2D eigenvalue weighted by molar-refractivity contribution is 6.29. The number of hydrogen-bond acceptors (Lipinski definition) is 5. The van der Waals surface area contributed by atoms with Gasteiger partial charge in [0, 0.05) is 6.07 Å². The van der Waals surface area contributed by atoms with Crippen LogP contribution in [0.15, 0.2) is 30.3 Å². The summed E-state index contributed by atoms with van der Waals surface area (Å²) in [5.41, 5.74) is 7.58. The number of hydrogen-bond donors (Lipinski definition) is 3. The van der Waals surface area contributed by atoms with Gasteiger partial charge in [0.15, 0.2) is 0 Å². The van der Waals surface area contributed by atoms with Crippen LogP contribution in [-0.4, -0.2) is 19.9 Å². The van der Waals surface area contributed by atoms with Crippen LogP contribution in [0.25, 0.3) is 11.0 Å². The van der Waals surface area contributed by atoms with Crippen molar-refractivity contribution < 1.29 is 0 Å². The normalized spacial score (nSPS) is 12.7. The highest BCUT2D eigenvalue weighted by Crippen LogP contribution is 2.26. The number of rotatable bonds is 4. The first-order valence-electron chi connectivity index (χ1n) is 7.04. The average molecular weight is 317 g/mol. The Morgan fingerprint density at radius 2 is 1.95 bits per heavy atom. The van der Waals surface area contributed by atoms with Crippen molar-refractivity contribution in [3.05, 3.63) is 41.3 Å². The van der Waals surface area contributed by atoms with Crippen LogP contribution in [0.5, 0.6) is 0 Å².